The Morgan fingerprint density at radius 2 is 1.49 bits per heavy atom. The maximum Gasteiger partial charge on any atom is 0.407 e. The molecule has 41 heavy (non-hydrogen) atoms. The lowest BCUT2D eigenvalue weighted by Crippen LogP contribution is -2.52. The van der Waals surface area contributed by atoms with E-state index in [0.29, 0.717) is 0 Å². The molecule has 3 aromatic rings. The number of benzene rings is 3. The number of nitrogens with one attached hydrogen (secondary N) is 1. The van der Waals surface area contributed by atoms with Gasteiger partial charge in [-0.05, 0) is 27.8 Å². The van der Waals surface area contributed by atoms with Crippen LogP contribution >= 0.6 is 0 Å². The van der Waals surface area contributed by atoms with Crippen LogP contribution in [0.1, 0.15) is 35.4 Å². The van der Waals surface area contributed by atoms with Crippen molar-refractivity contribution in [1.82, 2.24) is 10.2 Å². The van der Waals surface area contributed by atoms with Gasteiger partial charge in [-0.2, -0.15) is 0 Å². The molecule has 2 aliphatic rings. The fraction of sp³-hybridized carbons (Fsp3) is 0.290. The summed E-state index contributed by atoms with van der Waals surface area (Å²) in [5, 5.41) is 22.0. The fourth-order valence-electron chi connectivity index (χ4n) is 5.44. The largest absolute Gasteiger partial charge is 0.480 e. The van der Waals surface area contributed by atoms with Crippen LogP contribution in [0.4, 0.5) is 4.79 Å². The van der Waals surface area contributed by atoms with Crippen LogP contribution in [-0.2, 0) is 30.5 Å². The maximum absolute atomic E-state index is 13.4. The molecule has 1 fully saturated rings. The van der Waals surface area contributed by atoms with E-state index in [9.17, 15) is 29.4 Å². The zero-order chi connectivity index (χ0) is 28.9. The van der Waals surface area contributed by atoms with E-state index in [2.05, 4.69) is 5.32 Å². The Labute approximate surface area is 236 Å². The zero-order valence-corrected chi connectivity index (χ0v) is 22.1. The van der Waals surface area contributed by atoms with Crippen molar-refractivity contribution >= 4 is 23.9 Å². The minimum absolute atomic E-state index is 0.0145. The lowest BCUT2D eigenvalue weighted by Gasteiger charge is -2.26. The van der Waals surface area contributed by atoms with Gasteiger partial charge in [0.05, 0.1) is 12.5 Å². The monoisotopic (exact) mass is 558 g/mol. The molecule has 3 N–H and O–H groups in total. The number of aliphatic carboxylic acids is 1. The van der Waals surface area contributed by atoms with Gasteiger partial charge in [0.1, 0.15) is 25.3 Å². The first-order valence-corrected chi connectivity index (χ1v) is 13.3. The van der Waals surface area contributed by atoms with Gasteiger partial charge in [0.15, 0.2) is 0 Å². The Bertz CT molecular complexity index is 1400. The van der Waals surface area contributed by atoms with Gasteiger partial charge in [-0.15, -0.1) is 0 Å². The standard InChI is InChI=1S/C31H30N2O8/c34-20-14-27(30(37)38)33(16-20)29(36)26(15-28(35)40-17-19-8-2-1-3-9-19)32-31(39)41-18-25-23-12-6-4-10-21(23)22-11-5-7-13-24(22)25/h1-13,20,25-27,34H,14-18H2,(H,32,39)(H,37,38)/t20-,26-,27-/m0/s1. The third-order valence-electron chi connectivity index (χ3n) is 7.39. The lowest BCUT2D eigenvalue weighted by molar-refractivity contribution is -0.151. The highest BCUT2D eigenvalue weighted by molar-refractivity contribution is 5.92. The van der Waals surface area contributed by atoms with Crippen LogP contribution in [-0.4, -0.2) is 70.4 Å². The molecule has 0 bridgehead atoms. The third kappa shape index (κ3) is 6.22. The van der Waals surface area contributed by atoms with Crippen LogP contribution in [0.2, 0.25) is 0 Å². The summed E-state index contributed by atoms with van der Waals surface area (Å²) in [4.78, 5) is 51.8. The number of aliphatic hydroxyl groups excluding tert-OH is 1. The van der Waals surface area contributed by atoms with Crippen molar-refractivity contribution in [3.05, 3.63) is 95.6 Å². The summed E-state index contributed by atoms with van der Waals surface area (Å²) in [6.07, 6.45) is -2.68. The summed E-state index contributed by atoms with van der Waals surface area (Å²) in [6.45, 7) is -0.289. The molecule has 1 aliphatic heterocycles. The summed E-state index contributed by atoms with van der Waals surface area (Å²) in [5.74, 6) is -3.10. The first-order valence-electron chi connectivity index (χ1n) is 13.3. The fourth-order valence-corrected chi connectivity index (χ4v) is 5.44. The lowest BCUT2D eigenvalue weighted by atomic mass is 9.98. The first-order chi connectivity index (χ1) is 19.8. The van der Waals surface area contributed by atoms with Crippen LogP contribution in [0, 0.1) is 0 Å². The van der Waals surface area contributed by atoms with E-state index in [-0.39, 0.29) is 32.1 Å². The second-order valence-corrected chi connectivity index (χ2v) is 10.1. The van der Waals surface area contributed by atoms with Gasteiger partial charge < -0.3 is 29.9 Å². The van der Waals surface area contributed by atoms with Crippen molar-refractivity contribution in [3.8, 4) is 11.1 Å². The number of likely N-dealkylation sites (tertiary alicyclic amines) is 1. The molecule has 1 saturated heterocycles. The van der Waals surface area contributed by atoms with Crippen molar-refractivity contribution < 1.29 is 38.9 Å². The van der Waals surface area contributed by atoms with E-state index < -0.39 is 48.5 Å². The molecule has 5 rings (SSSR count). The summed E-state index contributed by atoms with van der Waals surface area (Å²) in [7, 11) is 0. The summed E-state index contributed by atoms with van der Waals surface area (Å²) < 4.78 is 10.9. The van der Waals surface area contributed by atoms with Crippen molar-refractivity contribution in [2.24, 2.45) is 0 Å². The number of carbonyl (C=O) groups excluding carboxylic acids is 3. The highest BCUT2D eigenvalue weighted by atomic mass is 16.5. The highest BCUT2D eigenvalue weighted by Crippen LogP contribution is 2.44. The van der Waals surface area contributed by atoms with Gasteiger partial charge in [-0.1, -0.05) is 78.9 Å². The van der Waals surface area contributed by atoms with Gasteiger partial charge in [-0.25, -0.2) is 9.59 Å². The van der Waals surface area contributed by atoms with Gasteiger partial charge in [0.2, 0.25) is 5.91 Å². The van der Waals surface area contributed by atoms with E-state index in [1.807, 2.05) is 54.6 Å². The number of β-amino-alcohol motifs (C(OH)–C–C–N with tert-alkyl or cyclic N) is 1. The SMILES string of the molecule is O=C(C[C@H](NC(=O)OCC1c2ccccc2-c2ccccc21)C(=O)N1C[C@@H](O)C[C@H]1C(=O)O)OCc1ccccc1. The van der Waals surface area contributed by atoms with Crippen LogP contribution in [0.25, 0.3) is 11.1 Å². The van der Waals surface area contributed by atoms with E-state index in [0.717, 1.165) is 32.7 Å². The molecule has 0 spiro atoms. The molecule has 0 radical (unpaired) electrons. The number of esters is 1. The second-order valence-electron chi connectivity index (χ2n) is 10.1. The third-order valence-corrected chi connectivity index (χ3v) is 7.39. The van der Waals surface area contributed by atoms with E-state index in [1.165, 1.54) is 0 Å². The number of rotatable bonds is 9. The van der Waals surface area contributed by atoms with Gasteiger partial charge >= 0.3 is 18.0 Å². The molecule has 10 heteroatoms. The second kappa shape index (κ2) is 12.2. The topological polar surface area (TPSA) is 142 Å². The predicted molar refractivity (Wildman–Crippen MR) is 147 cm³/mol. The minimum atomic E-state index is -1.46. The molecule has 10 nitrogen and oxygen atoms in total. The molecule has 1 aliphatic carbocycles. The van der Waals surface area contributed by atoms with Crippen molar-refractivity contribution in [3.63, 3.8) is 0 Å². The molecule has 2 amide bonds. The molecule has 0 saturated carbocycles. The van der Waals surface area contributed by atoms with Crippen LogP contribution in [0.5, 0.6) is 0 Å². The summed E-state index contributed by atoms with van der Waals surface area (Å²) >= 11 is 0. The first kappa shape index (κ1) is 27.9. The highest BCUT2D eigenvalue weighted by Gasteiger charge is 2.42. The molecule has 1 heterocycles. The van der Waals surface area contributed by atoms with Gasteiger partial charge in [0, 0.05) is 18.9 Å². The van der Waals surface area contributed by atoms with Gasteiger partial charge in [0.25, 0.3) is 0 Å². The number of hydrogen-bond donors (Lipinski definition) is 3. The number of ether oxygens (including phenoxy) is 2. The molecule has 3 atom stereocenters. The molecule has 0 aromatic heterocycles. The maximum atomic E-state index is 13.4. The summed E-state index contributed by atoms with van der Waals surface area (Å²) in [6, 6.07) is 21.9. The Kier molecular flexibility index (Phi) is 8.30. The molecule has 3 aromatic carbocycles. The minimum Gasteiger partial charge on any atom is -0.480 e. The molecule has 212 valence electrons. The summed E-state index contributed by atoms with van der Waals surface area (Å²) in [5.41, 5.74) is 4.86. The molecule has 0 unspecified atom stereocenters. The van der Waals surface area contributed by atoms with E-state index in [4.69, 9.17) is 9.47 Å². The normalized spacial score (nSPS) is 18.2. The Morgan fingerprint density at radius 3 is 2.12 bits per heavy atom. The number of carboxylic acids is 1. The van der Waals surface area contributed by atoms with Crippen LogP contribution in [0.3, 0.4) is 0 Å². The van der Waals surface area contributed by atoms with Crippen LogP contribution < -0.4 is 5.32 Å². The number of alkyl carbamates (subject to hydrolysis) is 1. The van der Waals surface area contributed by atoms with Crippen LogP contribution in [0.15, 0.2) is 78.9 Å². The Hall–Kier alpha value is -4.70. The molecular weight excluding hydrogens is 528 g/mol. The van der Waals surface area contributed by atoms with Gasteiger partial charge in [-0.3, -0.25) is 9.59 Å². The number of amides is 2. The predicted octanol–water partition coefficient (Wildman–Crippen LogP) is 3.07. The Balaban J connectivity index is 1.28. The van der Waals surface area contributed by atoms with Crippen molar-refractivity contribution in [1.29, 1.82) is 0 Å². The molecular formula is C31H30N2O8. The average molecular weight is 559 g/mol. The number of carbonyl (C=O) groups is 4. The quantitative estimate of drug-likeness (QED) is 0.340. The zero-order valence-electron chi connectivity index (χ0n) is 22.1. The number of aliphatic hydroxyl groups is 1. The number of nitrogens with zero attached hydrogens (tertiary/aromatic N) is 1. The average Bonchev–Trinajstić information content (AvgIpc) is 3.53. The van der Waals surface area contributed by atoms with Crippen molar-refractivity contribution in [2.45, 2.75) is 43.6 Å². The number of fused-ring (bicyclic) bond motifs is 3. The van der Waals surface area contributed by atoms with Crippen molar-refractivity contribution in [2.75, 3.05) is 13.2 Å². The van der Waals surface area contributed by atoms with E-state index >= 15 is 0 Å². The van der Waals surface area contributed by atoms with E-state index in [1.54, 1.807) is 24.3 Å². The number of hydrogen-bond acceptors (Lipinski definition) is 7. The Morgan fingerprint density at radius 1 is 0.878 bits per heavy atom. The number of carboxylic acid groups (broad SMARTS) is 1. The smallest absolute Gasteiger partial charge is 0.407 e.